The predicted molar refractivity (Wildman–Crippen MR) is 75.4 cm³/mol. The lowest BCUT2D eigenvalue weighted by Crippen LogP contribution is -2.40. The van der Waals surface area contributed by atoms with Gasteiger partial charge in [0.25, 0.3) is 5.56 Å². The molecule has 6 nitrogen and oxygen atoms in total. The van der Waals surface area contributed by atoms with Crippen LogP contribution in [0.4, 0.5) is 0 Å². The van der Waals surface area contributed by atoms with Gasteiger partial charge >= 0.3 is 0 Å². The summed E-state index contributed by atoms with van der Waals surface area (Å²) in [6.07, 6.45) is 1.39. The zero-order valence-electron chi connectivity index (χ0n) is 10.6. The molecule has 0 saturated heterocycles. The summed E-state index contributed by atoms with van der Waals surface area (Å²) in [5.41, 5.74) is 0.475. The molecule has 1 N–H and O–H groups in total. The summed E-state index contributed by atoms with van der Waals surface area (Å²) >= 11 is 1.93. The molecular weight excluding hydrogens is 349 g/mol. The Morgan fingerprint density at radius 1 is 1.67 bits per heavy atom. The Labute approximate surface area is 119 Å². The third-order valence-electron chi connectivity index (χ3n) is 2.30. The molecule has 0 aliphatic heterocycles. The van der Waals surface area contributed by atoms with Crippen LogP contribution in [0.2, 0.25) is 0 Å². The molecule has 1 rings (SSSR count). The van der Waals surface area contributed by atoms with E-state index in [1.165, 1.54) is 10.9 Å². The number of rotatable bonds is 5. The van der Waals surface area contributed by atoms with E-state index in [2.05, 4.69) is 10.3 Å². The zero-order chi connectivity index (χ0) is 13.7. The molecule has 0 saturated carbocycles. The van der Waals surface area contributed by atoms with Gasteiger partial charge in [-0.1, -0.05) is 0 Å². The van der Waals surface area contributed by atoms with Crippen molar-refractivity contribution in [3.63, 3.8) is 0 Å². The van der Waals surface area contributed by atoms with Crippen LogP contribution >= 0.6 is 22.6 Å². The first-order valence-electron chi connectivity index (χ1n) is 5.45. The van der Waals surface area contributed by atoms with Crippen molar-refractivity contribution in [2.24, 2.45) is 0 Å². The number of carbonyl (C=O) groups is 1. The number of aryl methyl sites for hydroxylation is 1. The van der Waals surface area contributed by atoms with E-state index in [0.717, 1.165) is 0 Å². The minimum atomic E-state index is -0.233. The topological polar surface area (TPSA) is 73.2 Å². The summed E-state index contributed by atoms with van der Waals surface area (Å²) in [6, 6.07) is -0.0873. The summed E-state index contributed by atoms with van der Waals surface area (Å²) in [7, 11) is 1.57. The zero-order valence-corrected chi connectivity index (χ0v) is 12.7. The molecule has 1 heterocycles. The first-order chi connectivity index (χ1) is 8.45. The van der Waals surface area contributed by atoms with Gasteiger partial charge in [-0.2, -0.15) is 0 Å². The first kappa shape index (κ1) is 15.1. The van der Waals surface area contributed by atoms with Crippen LogP contribution in [0.5, 0.6) is 0 Å². The molecule has 0 spiro atoms. The summed E-state index contributed by atoms with van der Waals surface area (Å²) in [4.78, 5) is 27.6. The number of halogens is 1. The molecule has 0 aliphatic rings. The molecule has 1 aromatic heterocycles. The quantitative estimate of drug-likeness (QED) is 0.763. The minimum Gasteiger partial charge on any atom is -0.383 e. The highest BCUT2D eigenvalue weighted by atomic mass is 127. The molecule has 0 aromatic carbocycles. The summed E-state index contributed by atoms with van der Waals surface area (Å²) in [5.74, 6) is -0.233. The number of methoxy groups -OCH3 is 1. The van der Waals surface area contributed by atoms with Crippen molar-refractivity contribution >= 4 is 28.5 Å². The number of aromatic nitrogens is 2. The van der Waals surface area contributed by atoms with E-state index in [1.807, 2.05) is 29.5 Å². The van der Waals surface area contributed by atoms with Gasteiger partial charge in [0.05, 0.1) is 22.2 Å². The van der Waals surface area contributed by atoms with Crippen LogP contribution in [0.15, 0.2) is 11.1 Å². The predicted octanol–water partition coefficient (Wildman–Crippen LogP) is 0.307. The monoisotopic (exact) mass is 365 g/mol. The Morgan fingerprint density at radius 3 is 2.94 bits per heavy atom. The van der Waals surface area contributed by atoms with Crippen molar-refractivity contribution < 1.29 is 9.53 Å². The van der Waals surface area contributed by atoms with Crippen LogP contribution < -0.4 is 10.9 Å². The molecule has 0 bridgehead atoms. The van der Waals surface area contributed by atoms with Crippen LogP contribution in [0.25, 0.3) is 0 Å². The fourth-order valence-electron chi connectivity index (χ4n) is 1.43. The van der Waals surface area contributed by atoms with Crippen LogP contribution in [0, 0.1) is 10.5 Å². The maximum atomic E-state index is 11.8. The molecule has 0 aliphatic carbocycles. The fourth-order valence-corrected chi connectivity index (χ4v) is 1.87. The average Bonchev–Trinajstić information content (AvgIpc) is 2.30. The number of ether oxygens (including phenoxy) is 1. The normalized spacial score (nSPS) is 12.2. The molecule has 1 amide bonds. The van der Waals surface area contributed by atoms with Gasteiger partial charge in [0.1, 0.15) is 6.54 Å². The maximum absolute atomic E-state index is 11.8. The fraction of sp³-hybridized carbons (Fsp3) is 0.545. The van der Waals surface area contributed by atoms with Crippen LogP contribution in [-0.2, 0) is 16.1 Å². The van der Waals surface area contributed by atoms with E-state index in [0.29, 0.717) is 15.9 Å². The molecule has 18 heavy (non-hydrogen) atoms. The highest BCUT2D eigenvalue weighted by Gasteiger charge is 2.11. The number of nitrogens with one attached hydrogen (secondary N) is 1. The van der Waals surface area contributed by atoms with Gasteiger partial charge in [-0.15, -0.1) is 0 Å². The van der Waals surface area contributed by atoms with E-state index in [4.69, 9.17) is 4.74 Å². The lowest BCUT2D eigenvalue weighted by Gasteiger charge is -2.13. The smallest absolute Gasteiger partial charge is 0.267 e. The van der Waals surface area contributed by atoms with E-state index in [-0.39, 0.29) is 24.1 Å². The van der Waals surface area contributed by atoms with Crippen molar-refractivity contribution in [3.8, 4) is 0 Å². The van der Waals surface area contributed by atoms with Gasteiger partial charge < -0.3 is 10.1 Å². The van der Waals surface area contributed by atoms with E-state index < -0.39 is 0 Å². The number of amides is 1. The first-order valence-corrected chi connectivity index (χ1v) is 6.53. The van der Waals surface area contributed by atoms with Crippen LogP contribution in [-0.4, -0.2) is 35.2 Å². The highest BCUT2D eigenvalue weighted by Crippen LogP contribution is 2.01. The number of hydrogen-bond acceptors (Lipinski definition) is 4. The molecule has 0 radical (unpaired) electrons. The largest absolute Gasteiger partial charge is 0.383 e. The number of hydrogen-bond donors (Lipinski definition) is 1. The summed E-state index contributed by atoms with van der Waals surface area (Å²) < 4.78 is 6.75. The van der Waals surface area contributed by atoms with Gasteiger partial charge in [0.15, 0.2) is 0 Å². The molecule has 1 unspecified atom stereocenters. The second kappa shape index (κ2) is 6.83. The molecule has 0 fully saturated rings. The van der Waals surface area contributed by atoms with E-state index in [9.17, 15) is 9.59 Å². The van der Waals surface area contributed by atoms with Crippen molar-refractivity contribution in [2.45, 2.75) is 26.4 Å². The molecular formula is C11H16IN3O3. The Balaban J connectivity index is 2.71. The van der Waals surface area contributed by atoms with Crippen molar-refractivity contribution in [2.75, 3.05) is 13.7 Å². The van der Waals surface area contributed by atoms with Crippen molar-refractivity contribution in [3.05, 3.63) is 25.9 Å². The Morgan fingerprint density at radius 2 is 2.33 bits per heavy atom. The van der Waals surface area contributed by atoms with Gasteiger partial charge in [0, 0.05) is 13.2 Å². The lowest BCUT2D eigenvalue weighted by atomic mass is 10.3. The Bertz CT molecular complexity index is 487. The average molecular weight is 365 g/mol. The summed E-state index contributed by atoms with van der Waals surface area (Å²) in [5, 5.41) is 2.74. The van der Waals surface area contributed by atoms with Crippen molar-refractivity contribution in [1.29, 1.82) is 0 Å². The van der Waals surface area contributed by atoms with Crippen LogP contribution in [0.1, 0.15) is 12.6 Å². The van der Waals surface area contributed by atoms with E-state index >= 15 is 0 Å². The third-order valence-corrected chi connectivity index (χ3v) is 3.54. The standard InChI is InChI=1S/C11H16IN3O3/c1-7(5-18-3)14-9(16)4-15-6-13-8(2)10(12)11(15)17/h6-7H,4-5H2,1-3H3,(H,14,16). The number of carbonyl (C=O) groups excluding carboxylic acids is 1. The highest BCUT2D eigenvalue weighted by molar-refractivity contribution is 14.1. The second-order valence-electron chi connectivity index (χ2n) is 4.00. The van der Waals surface area contributed by atoms with Gasteiger partial charge in [-0.3, -0.25) is 14.2 Å². The van der Waals surface area contributed by atoms with Crippen LogP contribution in [0.3, 0.4) is 0 Å². The lowest BCUT2D eigenvalue weighted by molar-refractivity contribution is -0.122. The Kier molecular flexibility index (Phi) is 5.73. The number of nitrogens with zero attached hydrogens (tertiary/aromatic N) is 2. The maximum Gasteiger partial charge on any atom is 0.267 e. The molecule has 1 aromatic rings. The SMILES string of the molecule is COCC(C)NC(=O)Cn1cnc(C)c(I)c1=O. The third kappa shape index (κ3) is 4.05. The minimum absolute atomic E-state index is 0.0316. The summed E-state index contributed by atoms with van der Waals surface area (Å²) in [6.45, 7) is 4.00. The Hall–Kier alpha value is -0.960. The second-order valence-corrected chi connectivity index (χ2v) is 5.08. The van der Waals surface area contributed by atoms with Gasteiger partial charge in [-0.05, 0) is 36.4 Å². The molecule has 100 valence electrons. The molecule has 1 atom stereocenters. The van der Waals surface area contributed by atoms with Crippen molar-refractivity contribution in [1.82, 2.24) is 14.9 Å². The van der Waals surface area contributed by atoms with Gasteiger partial charge in [-0.25, -0.2) is 4.98 Å². The van der Waals surface area contributed by atoms with E-state index in [1.54, 1.807) is 14.0 Å². The molecule has 7 heteroatoms. The van der Waals surface area contributed by atoms with Gasteiger partial charge in [0.2, 0.25) is 5.91 Å².